The number of sulfonamides is 1. The van der Waals surface area contributed by atoms with Gasteiger partial charge in [-0.3, -0.25) is 14.4 Å². The molecular weight excluding hydrogens is 458 g/mol. The minimum atomic E-state index is -3.71. The zero-order chi connectivity index (χ0) is 24.5. The predicted molar refractivity (Wildman–Crippen MR) is 131 cm³/mol. The van der Waals surface area contributed by atoms with E-state index in [-0.39, 0.29) is 10.5 Å². The number of carbonyl (C=O) groups excluding carboxylic acids is 1. The van der Waals surface area contributed by atoms with Crippen LogP contribution in [0, 0.1) is 0 Å². The number of hydrogen-bond donors (Lipinski definition) is 3. The van der Waals surface area contributed by atoms with Crippen LogP contribution in [0.1, 0.15) is 37.0 Å². The number of hydrogen-bond acceptors (Lipinski definition) is 6. The van der Waals surface area contributed by atoms with Crippen molar-refractivity contribution in [1.82, 2.24) is 14.3 Å². The maximum atomic E-state index is 13.1. The molecule has 180 valence electrons. The molecule has 34 heavy (non-hydrogen) atoms. The van der Waals surface area contributed by atoms with E-state index in [0.717, 1.165) is 31.6 Å². The summed E-state index contributed by atoms with van der Waals surface area (Å²) in [6.07, 6.45) is 2.03. The number of benzene rings is 2. The van der Waals surface area contributed by atoms with Gasteiger partial charge < -0.3 is 20.2 Å². The highest BCUT2D eigenvalue weighted by Crippen LogP contribution is 2.32. The number of aromatic nitrogens is 2. The molecule has 0 bridgehead atoms. The molecule has 1 aromatic heterocycles. The van der Waals surface area contributed by atoms with E-state index >= 15 is 0 Å². The first-order valence-electron chi connectivity index (χ1n) is 11.2. The molecule has 0 spiro atoms. The lowest BCUT2D eigenvalue weighted by molar-refractivity contribution is 0.102. The number of nitrogens with zero attached hydrogens (tertiary/aromatic N) is 2. The van der Waals surface area contributed by atoms with Crippen LogP contribution >= 0.6 is 0 Å². The Bertz CT molecular complexity index is 1450. The second kappa shape index (κ2) is 9.43. The van der Waals surface area contributed by atoms with Crippen LogP contribution in [0.4, 0.5) is 11.4 Å². The number of amides is 1. The van der Waals surface area contributed by atoms with Gasteiger partial charge in [0.05, 0.1) is 27.3 Å². The number of rotatable bonds is 7. The van der Waals surface area contributed by atoms with Crippen molar-refractivity contribution < 1.29 is 13.2 Å². The van der Waals surface area contributed by atoms with Crippen molar-refractivity contribution in [2.24, 2.45) is 0 Å². The second-order valence-electron chi connectivity index (χ2n) is 8.09. The molecule has 1 saturated heterocycles. The van der Waals surface area contributed by atoms with Crippen LogP contribution < -0.4 is 21.3 Å². The van der Waals surface area contributed by atoms with Crippen molar-refractivity contribution in [3.05, 3.63) is 62.7 Å². The molecule has 2 heterocycles. The van der Waals surface area contributed by atoms with Crippen LogP contribution in [-0.4, -0.2) is 54.8 Å². The van der Waals surface area contributed by atoms with Crippen molar-refractivity contribution in [1.29, 1.82) is 0 Å². The quantitative estimate of drug-likeness (QED) is 0.439. The Morgan fingerprint density at radius 2 is 1.62 bits per heavy atom. The lowest BCUT2D eigenvalue weighted by Gasteiger charge is -2.24. The third-order valence-electron chi connectivity index (χ3n) is 5.99. The van der Waals surface area contributed by atoms with Crippen molar-refractivity contribution in [3.63, 3.8) is 0 Å². The maximum absolute atomic E-state index is 13.1. The first-order valence-corrected chi connectivity index (χ1v) is 12.7. The first kappa shape index (κ1) is 23.7. The number of nitrogens with one attached hydrogen (secondary N) is 3. The molecule has 1 fully saturated rings. The summed E-state index contributed by atoms with van der Waals surface area (Å²) in [4.78, 5) is 43.5. The third-order valence-corrected chi connectivity index (χ3v) is 8.04. The van der Waals surface area contributed by atoms with Gasteiger partial charge in [-0.15, -0.1) is 0 Å². The van der Waals surface area contributed by atoms with E-state index in [0.29, 0.717) is 29.8 Å². The Kier molecular flexibility index (Phi) is 6.58. The van der Waals surface area contributed by atoms with Crippen molar-refractivity contribution in [2.75, 3.05) is 36.4 Å². The Hall–Kier alpha value is -3.44. The summed E-state index contributed by atoms with van der Waals surface area (Å²) < 4.78 is 27.5. The number of anilines is 2. The van der Waals surface area contributed by atoms with Crippen LogP contribution in [0.15, 0.2) is 50.9 Å². The molecule has 3 N–H and O–H groups in total. The third kappa shape index (κ3) is 4.48. The highest BCUT2D eigenvalue weighted by atomic mass is 32.2. The summed E-state index contributed by atoms with van der Waals surface area (Å²) in [5.41, 5.74) is 0.528. The van der Waals surface area contributed by atoms with Gasteiger partial charge in [0.25, 0.3) is 5.91 Å². The van der Waals surface area contributed by atoms with Gasteiger partial charge in [0.15, 0.2) is 0 Å². The van der Waals surface area contributed by atoms with E-state index in [1.54, 1.807) is 26.0 Å². The van der Waals surface area contributed by atoms with Crippen LogP contribution in [-0.2, 0) is 10.0 Å². The van der Waals surface area contributed by atoms with E-state index < -0.39 is 27.0 Å². The summed E-state index contributed by atoms with van der Waals surface area (Å²) in [6, 6.07) is 9.34. The van der Waals surface area contributed by atoms with Gasteiger partial charge in [-0.2, -0.15) is 4.31 Å². The van der Waals surface area contributed by atoms with Crippen LogP contribution in [0.2, 0.25) is 0 Å². The fourth-order valence-electron chi connectivity index (χ4n) is 4.17. The minimum Gasteiger partial charge on any atom is -0.370 e. The van der Waals surface area contributed by atoms with Crippen LogP contribution in [0.5, 0.6) is 0 Å². The van der Waals surface area contributed by atoms with Gasteiger partial charge in [0, 0.05) is 31.7 Å². The highest BCUT2D eigenvalue weighted by Gasteiger charge is 2.25. The summed E-state index contributed by atoms with van der Waals surface area (Å²) >= 11 is 0. The zero-order valence-corrected chi connectivity index (χ0v) is 19.9. The molecule has 1 aliphatic rings. The van der Waals surface area contributed by atoms with Gasteiger partial charge in [-0.1, -0.05) is 13.8 Å². The molecular formula is C23H27N5O5S. The van der Waals surface area contributed by atoms with Crippen LogP contribution in [0.25, 0.3) is 11.0 Å². The Balaban J connectivity index is 1.73. The van der Waals surface area contributed by atoms with Crippen LogP contribution in [0.3, 0.4) is 0 Å². The molecule has 0 atom stereocenters. The van der Waals surface area contributed by atoms with Gasteiger partial charge in [0.1, 0.15) is 0 Å². The van der Waals surface area contributed by atoms with Crippen molar-refractivity contribution in [2.45, 2.75) is 31.6 Å². The van der Waals surface area contributed by atoms with Gasteiger partial charge >= 0.3 is 11.1 Å². The number of fused-ring (bicyclic) bond motifs is 1. The lowest BCUT2D eigenvalue weighted by Crippen LogP contribution is -2.31. The Labute approximate surface area is 196 Å². The van der Waals surface area contributed by atoms with E-state index in [1.165, 1.54) is 28.6 Å². The topological polar surface area (TPSA) is 135 Å². The summed E-state index contributed by atoms with van der Waals surface area (Å²) in [7, 11) is -3.71. The molecule has 0 unspecified atom stereocenters. The standard InChI is InChI=1S/C23H27N5O5S/c1-3-28(4-2)34(32,33)16-8-10-20(27-11-5-6-12-27)19(14-16)26-21(29)15-7-9-17-18(13-15)25-23(31)22(30)24-17/h7-10,13-14H,3-6,11-12H2,1-2H3,(H,24,30)(H,25,31)(H,26,29). The zero-order valence-electron chi connectivity index (χ0n) is 19.1. The fourth-order valence-corrected chi connectivity index (χ4v) is 5.66. The molecule has 0 saturated carbocycles. The van der Waals surface area contributed by atoms with Gasteiger partial charge in [-0.05, 0) is 49.2 Å². The second-order valence-corrected chi connectivity index (χ2v) is 10.0. The molecule has 2 aromatic carbocycles. The smallest absolute Gasteiger partial charge is 0.314 e. The SMILES string of the molecule is CCN(CC)S(=O)(=O)c1ccc(N2CCCC2)c(NC(=O)c2ccc3[nH]c(=O)c(=O)[nH]c3c2)c1. The average molecular weight is 486 g/mol. The maximum Gasteiger partial charge on any atom is 0.314 e. The molecule has 1 aliphatic heterocycles. The Morgan fingerprint density at radius 1 is 0.971 bits per heavy atom. The monoisotopic (exact) mass is 485 g/mol. The molecule has 0 radical (unpaired) electrons. The van der Waals surface area contributed by atoms with E-state index in [9.17, 15) is 22.8 Å². The molecule has 3 aromatic rings. The summed E-state index contributed by atoms with van der Waals surface area (Å²) in [6.45, 7) is 5.86. The number of H-pyrrole nitrogens is 2. The Morgan fingerprint density at radius 3 is 2.26 bits per heavy atom. The van der Waals surface area contributed by atoms with Gasteiger partial charge in [-0.25, -0.2) is 8.42 Å². The average Bonchev–Trinajstić information content (AvgIpc) is 3.35. The fraction of sp³-hybridized carbons (Fsp3) is 0.348. The van der Waals surface area contributed by atoms with E-state index in [2.05, 4.69) is 20.2 Å². The summed E-state index contributed by atoms with van der Waals surface area (Å²) in [5, 5.41) is 2.85. The molecule has 1 amide bonds. The van der Waals surface area contributed by atoms with E-state index in [1.807, 2.05) is 0 Å². The molecule has 11 heteroatoms. The first-order chi connectivity index (χ1) is 16.2. The van der Waals surface area contributed by atoms with Crippen molar-refractivity contribution in [3.8, 4) is 0 Å². The number of carbonyl (C=O) groups is 1. The number of aromatic amines is 2. The largest absolute Gasteiger partial charge is 0.370 e. The lowest BCUT2D eigenvalue weighted by atomic mass is 10.1. The molecule has 10 nitrogen and oxygen atoms in total. The minimum absolute atomic E-state index is 0.106. The summed E-state index contributed by atoms with van der Waals surface area (Å²) in [5.74, 6) is -0.466. The predicted octanol–water partition coefficient (Wildman–Crippen LogP) is 2.10. The molecule has 0 aliphatic carbocycles. The van der Waals surface area contributed by atoms with Gasteiger partial charge in [0.2, 0.25) is 10.0 Å². The van der Waals surface area contributed by atoms with Crippen molar-refractivity contribution >= 4 is 38.3 Å². The highest BCUT2D eigenvalue weighted by molar-refractivity contribution is 7.89. The van der Waals surface area contributed by atoms with E-state index in [4.69, 9.17) is 0 Å². The normalized spacial score (nSPS) is 14.1. The molecule has 4 rings (SSSR count).